The SMILES string of the molecule is C=C[C@H](N)c1cc(Cl)c[nH]c1=O. The highest BCUT2D eigenvalue weighted by Crippen LogP contribution is 2.10. The number of halogens is 1. The van der Waals surface area contributed by atoms with E-state index in [1.54, 1.807) is 0 Å². The molecule has 1 aromatic heterocycles. The molecule has 0 aliphatic rings. The summed E-state index contributed by atoms with van der Waals surface area (Å²) in [6.07, 6.45) is 2.91. The Balaban J connectivity index is 3.22. The maximum atomic E-state index is 11.1. The highest BCUT2D eigenvalue weighted by atomic mass is 35.5. The van der Waals surface area contributed by atoms with Crippen molar-refractivity contribution in [2.75, 3.05) is 0 Å². The van der Waals surface area contributed by atoms with Gasteiger partial charge in [-0.05, 0) is 6.07 Å². The van der Waals surface area contributed by atoms with Crippen LogP contribution in [-0.2, 0) is 0 Å². The molecule has 1 atom stereocenters. The molecular formula is C8H9ClN2O. The zero-order chi connectivity index (χ0) is 9.14. The van der Waals surface area contributed by atoms with Crippen molar-refractivity contribution in [1.82, 2.24) is 4.98 Å². The van der Waals surface area contributed by atoms with E-state index in [0.717, 1.165) is 0 Å². The summed E-state index contributed by atoms with van der Waals surface area (Å²) < 4.78 is 0. The Labute approximate surface area is 74.9 Å². The fraction of sp³-hybridized carbons (Fsp3) is 0.125. The largest absolute Gasteiger partial charge is 0.327 e. The first-order chi connectivity index (χ1) is 5.65. The van der Waals surface area contributed by atoms with Crippen LogP contribution in [0.4, 0.5) is 0 Å². The third kappa shape index (κ3) is 1.75. The molecule has 3 N–H and O–H groups in total. The smallest absolute Gasteiger partial charge is 0.253 e. The number of pyridine rings is 1. The molecule has 3 nitrogen and oxygen atoms in total. The van der Waals surface area contributed by atoms with Gasteiger partial charge in [-0.3, -0.25) is 4.79 Å². The molecule has 12 heavy (non-hydrogen) atoms. The molecule has 0 spiro atoms. The van der Waals surface area contributed by atoms with Crippen molar-refractivity contribution in [2.45, 2.75) is 6.04 Å². The molecule has 0 aliphatic heterocycles. The molecule has 0 aliphatic carbocycles. The van der Waals surface area contributed by atoms with E-state index in [-0.39, 0.29) is 5.56 Å². The van der Waals surface area contributed by atoms with Crippen LogP contribution in [-0.4, -0.2) is 4.98 Å². The van der Waals surface area contributed by atoms with Crippen molar-refractivity contribution in [3.8, 4) is 0 Å². The summed E-state index contributed by atoms with van der Waals surface area (Å²) >= 11 is 5.66. The van der Waals surface area contributed by atoms with E-state index in [1.165, 1.54) is 18.3 Å². The summed E-state index contributed by atoms with van der Waals surface area (Å²) in [5, 5.41) is 0.460. The number of nitrogens with two attached hydrogens (primary N) is 1. The summed E-state index contributed by atoms with van der Waals surface area (Å²) in [5.74, 6) is 0. The third-order valence-corrected chi connectivity index (χ3v) is 1.73. The monoisotopic (exact) mass is 184 g/mol. The zero-order valence-electron chi connectivity index (χ0n) is 6.38. The summed E-state index contributed by atoms with van der Waals surface area (Å²) in [6, 6.07) is 1.07. The molecule has 64 valence electrons. The van der Waals surface area contributed by atoms with Gasteiger partial charge in [0.15, 0.2) is 0 Å². The Kier molecular flexibility index (Phi) is 2.68. The average Bonchev–Trinajstić information content (AvgIpc) is 2.08. The predicted molar refractivity (Wildman–Crippen MR) is 49.2 cm³/mol. The van der Waals surface area contributed by atoms with Gasteiger partial charge in [0.25, 0.3) is 5.56 Å². The number of H-pyrrole nitrogens is 1. The Morgan fingerprint density at radius 3 is 3.00 bits per heavy atom. The quantitative estimate of drug-likeness (QED) is 0.679. The van der Waals surface area contributed by atoms with Crippen LogP contribution in [0.3, 0.4) is 0 Å². The summed E-state index contributed by atoms with van der Waals surface area (Å²) in [5.41, 5.74) is 5.77. The van der Waals surface area contributed by atoms with E-state index < -0.39 is 6.04 Å². The second kappa shape index (κ2) is 3.56. The summed E-state index contributed by atoms with van der Waals surface area (Å²) in [7, 11) is 0. The first kappa shape index (κ1) is 9.03. The van der Waals surface area contributed by atoms with E-state index in [1.807, 2.05) is 0 Å². The Morgan fingerprint density at radius 2 is 2.42 bits per heavy atom. The minimum atomic E-state index is -0.465. The number of rotatable bonds is 2. The van der Waals surface area contributed by atoms with E-state index in [9.17, 15) is 4.79 Å². The normalized spacial score (nSPS) is 12.5. The third-order valence-electron chi connectivity index (χ3n) is 1.51. The molecule has 4 heteroatoms. The van der Waals surface area contributed by atoms with Crippen LogP contribution in [0.5, 0.6) is 0 Å². The minimum absolute atomic E-state index is 0.230. The van der Waals surface area contributed by atoms with Gasteiger partial charge in [0.1, 0.15) is 0 Å². The number of hydrogen-bond acceptors (Lipinski definition) is 2. The standard InChI is InChI=1S/C8H9ClN2O/c1-2-7(10)6-3-5(9)4-11-8(6)12/h2-4,7H,1,10H2,(H,11,12)/t7-/m0/s1. The highest BCUT2D eigenvalue weighted by molar-refractivity contribution is 6.30. The lowest BCUT2D eigenvalue weighted by molar-refractivity contribution is 0.887. The fourth-order valence-corrected chi connectivity index (χ4v) is 1.02. The highest BCUT2D eigenvalue weighted by Gasteiger charge is 2.06. The van der Waals surface area contributed by atoms with Crippen LogP contribution < -0.4 is 11.3 Å². The van der Waals surface area contributed by atoms with Crippen molar-refractivity contribution >= 4 is 11.6 Å². The second-order valence-corrected chi connectivity index (χ2v) is 2.80. The summed E-state index contributed by atoms with van der Waals surface area (Å²) in [6.45, 7) is 3.49. The molecular weight excluding hydrogens is 176 g/mol. The van der Waals surface area contributed by atoms with E-state index in [2.05, 4.69) is 11.6 Å². The topological polar surface area (TPSA) is 58.9 Å². The molecule has 0 unspecified atom stereocenters. The van der Waals surface area contributed by atoms with E-state index >= 15 is 0 Å². The van der Waals surface area contributed by atoms with Crippen molar-refractivity contribution < 1.29 is 0 Å². The molecule has 0 saturated heterocycles. The van der Waals surface area contributed by atoms with Crippen molar-refractivity contribution in [3.63, 3.8) is 0 Å². The maximum absolute atomic E-state index is 11.1. The maximum Gasteiger partial charge on any atom is 0.253 e. The van der Waals surface area contributed by atoms with Crippen molar-refractivity contribution in [1.29, 1.82) is 0 Å². The molecule has 0 radical (unpaired) electrons. The van der Waals surface area contributed by atoms with E-state index in [4.69, 9.17) is 17.3 Å². The second-order valence-electron chi connectivity index (χ2n) is 2.36. The number of hydrogen-bond donors (Lipinski definition) is 2. The van der Waals surface area contributed by atoms with E-state index in [0.29, 0.717) is 10.6 Å². The minimum Gasteiger partial charge on any atom is -0.327 e. The van der Waals surface area contributed by atoms with Crippen LogP contribution in [0.1, 0.15) is 11.6 Å². The van der Waals surface area contributed by atoms with Crippen LogP contribution in [0.25, 0.3) is 0 Å². The molecule has 1 rings (SSSR count). The lowest BCUT2D eigenvalue weighted by Gasteiger charge is -2.04. The van der Waals surface area contributed by atoms with Gasteiger partial charge >= 0.3 is 0 Å². The molecule has 0 aromatic carbocycles. The van der Waals surface area contributed by atoms with Gasteiger partial charge in [-0.15, -0.1) is 6.58 Å². The average molecular weight is 185 g/mol. The lowest BCUT2D eigenvalue weighted by atomic mass is 10.1. The van der Waals surface area contributed by atoms with Gasteiger partial charge < -0.3 is 10.7 Å². The first-order valence-electron chi connectivity index (χ1n) is 3.41. The lowest BCUT2D eigenvalue weighted by Crippen LogP contribution is -2.19. The van der Waals surface area contributed by atoms with Gasteiger partial charge in [-0.2, -0.15) is 0 Å². The van der Waals surface area contributed by atoms with Crippen LogP contribution in [0, 0.1) is 0 Å². The molecule has 1 heterocycles. The Morgan fingerprint density at radius 1 is 1.75 bits per heavy atom. The predicted octanol–water partition coefficient (Wildman–Crippen LogP) is 1.21. The van der Waals surface area contributed by atoms with Crippen LogP contribution in [0.2, 0.25) is 5.02 Å². The first-order valence-corrected chi connectivity index (χ1v) is 3.79. The Hall–Kier alpha value is -1.06. The molecule has 1 aromatic rings. The van der Waals surface area contributed by atoms with Gasteiger partial charge in [0.05, 0.1) is 11.1 Å². The zero-order valence-corrected chi connectivity index (χ0v) is 7.14. The molecule has 0 amide bonds. The van der Waals surface area contributed by atoms with Gasteiger partial charge in [-0.25, -0.2) is 0 Å². The van der Waals surface area contributed by atoms with Crippen molar-refractivity contribution in [2.24, 2.45) is 5.73 Å². The number of aromatic nitrogens is 1. The van der Waals surface area contributed by atoms with Crippen LogP contribution in [0.15, 0.2) is 29.7 Å². The van der Waals surface area contributed by atoms with Gasteiger partial charge in [0.2, 0.25) is 0 Å². The van der Waals surface area contributed by atoms with Gasteiger partial charge in [0, 0.05) is 11.8 Å². The Bertz CT molecular complexity index is 345. The van der Waals surface area contributed by atoms with Crippen LogP contribution >= 0.6 is 11.6 Å². The van der Waals surface area contributed by atoms with Gasteiger partial charge in [-0.1, -0.05) is 17.7 Å². The number of aromatic amines is 1. The van der Waals surface area contributed by atoms with Crippen molar-refractivity contribution in [3.05, 3.63) is 45.9 Å². The fourth-order valence-electron chi connectivity index (χ4n) is 0.848. The summed E-state index contributed by atoms with van der Waals surface area (Å²) in [4.78, 5) is 13.6. The molecule has 0 bridgehead atoms. The molecule has 0 fully saturated rings. The number of nitrogens with one attached hydrogen (secondary N) is 1. The molecule has 0 saturated carbocycles.